The van der Waals surface area contributed by atoms with E-state index in [4.69, 9.17) is 11.6 Å². The predicted octanol–water partition coefficient (Wildman–Crippen LogP) is 4.39. The highest BCUT2D eigenvalue weighted by molar-refractivity contribution is 7.12. The fourth-order valence-electron chi connectivity index (χ4n) is 5.21. The third-order valence-electron chi connectivity index (χ3n) is 7.47. The number of nitrogens with one attached hydrogen (secondary N) is 4. The molecule has 232 valence electrons. The minimum Gasteiger partial charge on any atom is -0.349 e. The molecule has 0 bridgehead atoms. The number of hydrogen-bond acceptors (Lipinski definition) is 6. The van der Waals surface area contributed by atoms with Crippen molar-refractivity contribution in [2.24, 2.45) is 21.1 Å². The Kier molecular flexibility index (Phi) is 9.57. The highest BCUT2D eigenvalue weighted by Crippen LogP contribution is 2.24. The van der Waals surface area contributed by atoms with Crippen LogP contribution in [0.15, 0.2) is 48.2 Å². The van der Waals surface area contributed by atoms with E-state index in [9.17, 15) is 19.2 Å². The zero-order valence-electron chi connectivity index (χ0n) is 24.8. The van der Waals surface area contributed by atoms with Crippen LogP contribution in [0.25, 0.3) is 0 Å². The molecular weight excluding hydrogens is 604 g/mol. The topological polar surface area (TPSA) is 134 Å². The van der Waals surface area contributed by atoms with Gasteiger partial charge in [-0.3, -0.25) is 19.2 Å². The highest BCUT2D eigenvalue weighted by Gasteiger charge is 2.20. The number of carbonyl (C=O) groups excluding carboxylic acids is 4. The standard InChI is InChI=1S/C30H35ClN8O4S/c1-36-16-19(13-23(36)27(40)32-8-11-39-9-5-4-6-10-39)33-28(41)24-14-20(17-37(24)2)34-29(42)25-15-21(18-38(25)3)35-30(43)26-22(31)7-12-44-26/h7,12-18H,4-6,8-11H2,1-3H3,(H,32,40)(H,33,41)(H,34,42)(H,35,43). The minimum absolute atomic E-state index is 0.201. The number of aryl methyl sites for hydroxylation is 3. The molecule has 4 aromatic heterocycles. The smallest absolute Gasteiger partial charge is 0.272 e. The van der Waals surface area contributed by atoms with Crippen LogP contribution in [-0.2, 0) is 21.1 Å². The highest BCUT2D eigenvalue weighted by atomic mass is 35.5. The first-order chi connectivity index (χ1) is 21.1. The number of anilines is 3. The number of carbonyl (C=O) groups is 4. The monoisotopic (exact) mass is 638 g/mol. The van der Waals surface area contributed by atoms with Crippen LogP contribution in [0.1, 0.15) is 60.4 Å². The van der Waals surface area contributed by atoms with Crippen molar-refractivity contribution in [2.75, 3.05) is 42.1 Å². The van der Waals surface area contributed by atoms with Crippen LogP contribution in [0.2, 0.25) is 5.02 Å². The summed E-state index contributed by atoms with van der Waals surface area (Å²) in [6.45, 7) is 3.52. The van der Waals surface area contributed by atoms with Crippen LogP contribution in [0.5, 0.6) is 0 Å². The SMILES string of the molecule is Cn1cc(NC(=O)c2cc(NC(=O)c3cc(NC(=O)c4sccc4Cl)cn3C)cn2C)cc1C(=O)NCCN1CCCCC1. The summed E-state index contributed by atoms with van der Waals surface area (Å²) in [6, 6.07) is 6.41. The molecule has 4 N–H and O–H groups in total. The average molecular weight is 639 g/mol. The van der Waals surface area contributed by atoms with Gasteiger partial charge in [0.05, 0.1) is 22.1 Å². The van der Waals surface area contributed by atoms with Crippen LogP contribution >= 0.6 is 22.9 Å². The largest absolute Gasteiger partial charge is 0.349 e. The van der Waals surface area contributed by atoms with Crippen molar-refractivity contribution in [3.63, 3.8) is 0 Å². The summed E-state index contributed by atoms with van der Waals surface area (Å²) in [6.07, 6.45) is 8.60. The van der Waals surface area contributed by atoms with Gasteiger partial charge in [0.2, 0.25) is 0 Å². The van der Waals surface area contributed by atoms with Crippen molar-refractivity contribution >= 4 is 63.6 Å². The molecule has 5 rings (SSSR count). The normalized spacial score (nSPS) is 13.5. The lowest BCUT2D eigenvalue weighted by Crippen LogP contribution is -2.38. The van der Waals surface area contributed by atoms with Gasteiger partial charge in [-0.15, -0.1) is 11.3 Å². The van der Waals surface area contributed by atoms with Gasteiger partial charge in [0.15, 0.2) is 0 Å². The van der Waals surface area contributed by atoms with E-state index in [1.54, 1.807) is 83.1 Å². The molecule has 1 fully saturated rings. The van der Waals surface area contributed by atoms with E-state index in [2.05, 4.69) is 26.2 Å². The zero-order valence-corrected chi connectivity index (χ0v) is 26.3. The number of amides is 4. The molecule has 0 aliphatic carbocycles. The van der Waals surface area contributed by atoms with Gasteiger partial charge in [-0.25, -0.2) is 0 Å². The van der Waals surface area contributed by atoms with Gasteiger partial charge in [-0.2, -0.15) is 0 Å². The second-order valence-corrected chi connectivity index (χ2v) is 12.1. The summed E-state index contributed by atoms with van der Waals surface area (Å²) in [4.78, 5) is 54.2. The number of halogens is 1. The van der Waals surface area contributed by atoms with Crippen LogP contribution < -0.4 is 21.3 Å². The Morgan fingerprint density at radius 1 is 0.727 bits per heavy atom. The van der Waals surface area contributed by atoms with Gasteiger partial charge in [-0.05, 0) is 55.6 Å². The molecule has 5 heterocycles. The van der Waals surface area contributed by atoms with E-state index >= 15 is 0 Å². The Bertz CT molecular complexity index is 1690. The van der Waals surface area contributed by atoms with Crippen molar-refractivity contribution in [1.29, 1.82) is 0 Å². The van der Waals surface area contributed by atoms with E-state index in [1.807, 2.05) is 0 Å². The van der Waals surface area contributed by atoms with Crippen LogP contribution in [0.3, 0.4) is 0 Å². The van der Waals surface area contributed by atoms with E-state index in [1.165, 1.54) is 30.6 Å². The van der Waals surface area contributed by atoms with Crippen LogP contribution in [0, 0.1) is 0 Å². The summed E-state index contributed by atoms with van der Waals surface area (Å²) < 4.78 is 4.87. The van der Waals surface area contributed by atoms with Gasteiger partial charge < -0.3 is 39.9 Å². The number of hydrogen-bond donors (Lipinski definition) is 4. The van der Waals surface area contributed by atoms with Crippen molar-refractivity contribution in [2.45, 2.75) is 19.3 Å². The fourth-order valence-corrected chi connectivity index (χ4v) is 6.25. The molecule has 0 radical (unpaired) electrons. The molecule has 1 aliphatic rings. The number of nitrogens with zero attached hydrogens (tertiary/aromatic N) is 4. The molecule has 4 amide bonds. The quantitative estimate of drug-likeness (QED) is 0.204. The van der Waals surface area contributed by atoms with E-state index < -0.39 is 11.8 Å². The first-order valence-electron chi connectivity index (χ1n) is 14.3. The second-order valence-electron chi connectivity index (χ2n) is 10.8. The Labute approximate surface area is 264 Å². The second kappa shape index (κ2) is 13.5. The molecule has 0 atom stereocenters. The number of rotatable bonds is 10. The van der Waals surface area contributed by atoms with Crippen molar-refractivity contribution in [1.82, 2.24) is 23.9 Å². The van der Waals surface area contributed by atoms with Gasteiger partial charge in [-0.1, -0.05) is 18.0 Å². The Balaban J connectivity index is 1.17. The Morgan fingerprint density at radius 2 is 1.20 bits per heavy atom. The van der Waals surface area contributed by atoms with Crippen molar-refractivity contribution in [3.8, 4) is 0 Å². The zero-order chi connectivity index (χ0) is 31.4. The summed E-state index contributed by atoms with van der Waals surface area (Å²) >= 11 is 7.28. The van der Waals surface area contributed by atoms with Crippen molar-refractivity contribution < 1.29 is 19.2 Å². The third-order valence-corrected chi connectivity index (χ3v) is 8.81. The summed E-state index contributed by atoms with van der Waals surface area (Å²) in [5, 5.41) is 13.4. The lowest BCUT2D eigenvalue weighted by molar-refractivity contribution is 0.0936. The first-order valence-corrected chi connectivity index (χ1v) is 15.5. The number of piperidine rings is 1. The molecule has 44 heavy (non-hydrogen) atoms. The lowest BCUT2D eigenvalue weighted by Gasteiger charge is -2.26. The molecular formula is C30H35ClN8O4S. The van der Waals surface area contributed by atoms with E-state index in [0.717, 1.165) is 19.6 Å². The molecule has 0 saturated carbocycles. The lowest BCUT2D eigenvalue weighted by atomic mass is 10.1. The first kappa shape index (κ1) is 31.1. The Hall–Kier alpha value is -4.33. The predicted molar refractivity (Wildman–Crippen MR) is 172 cm³/mol. The van der Waals surface area contributed by atoms with E-state index in [-0.39, 0.29) is 11.8 Å². The van der Waals surface area contributed by atoms with Gasteiger partial charge in [0.1, 0.15) is 22.0 Å². The molecule has 0 aromatic carbocycles. The molecule has 1 aliphatic heterocycles. The molecule has 14 heteroatoms. The van der Waals surface area contributed by atoms with Gasteiger partial charge in [0.25, 0.3) is 23.6 Å². The Morgan fingerprint density at radius 3 is 1.68 bits per heavy atom. The minimum atomic E-state index is -0.418. The van der Waals surface area contributed by atoms with Gasteiger partial charge >= 0.3 is 0 Å². The maximum Gasteiger partial charge on any atom is 0.272 e. The summed E-state index contributed by atoms with van der Waals surface area (Å²) in [7, 11) is 5.14. The molecule has 4 aromatic rings. The average Bonchev–Trinajstić information content (AvgIpc) is 3.76. The number of thiophene rings is 1. The maximum atomic E-state index is 13.1. The molecule has 1 saturated heterocycles. The number of likely N-dealkylation sites (tertiary alicyclic amines) is 1. The van der Waals surface area contributed by atoms with Crippen LogP contribution in [-0.4, -0.2) is 68.4 Å². The number of aromatic nitrogens is 3. The molecule has 12 nitrogen and oxygen atoms in total. The third kappa shape index (κ3) is 7.24. The van der Waals surface area contributed by atoms with Crippen molar-refractivity contribution in [3.05, 3.63) is 75.2 Å². The fraction of sp³-hybridized carbons (Fsp3) is 0.333. The summed E-state index contributed by atoms with van der Waals surface area (Å²) in [5.41, 5.74) is 2.39. The van der Waals surface area contributed by atoms with Gasteiger partial charge in [0, 0.05) is 52.8 Å². The van der Waals surface area contributed by atoms with Crippen LogP contribution in [0.4, 0.5) is 17.1 Å². The maximum absolute atomic E-state index is 13.1. The van der Waals surface area contributed by atoms with E-state index in [0.29, 0.717) is 50.6 Å². The summed E-state index contributed by atoms with van der Waals surface area (Å²) in [5.74, 6) is -1.38. The molecule has 0 spiro atoms. The molecule has 0 unspecified atom stereocenters.